The van der Waals surface area contributed by atoms with Crippen molar-refractivity contribution in [2.75, 3.05) is 26.2 Å². The summed E-state index contributed by atoms with van der Waals surface area (Å²) in [4.78, 5) is 28.7. The summed E-state index contributed by atoms with van der Waals surface area (Å²) in [7, 11) is 0. The fourth-order valence-corrected chi connectivity index (χ4v) is 3.32. The molecule has 0 N–H and O–H groups in total. The fraction of sp³-hybridized carbons (Fsp3) is 0.333. The molecule has 27 heavy (non-hydrogen) atoms. The zero-order chi connectivity index (χ0) is 19.2. The molecule has 0 aliphatic carbocycles. The summed E-state index contributed by atoms with van der Waals surface area (Å²) in [5.41, 5.74) is 1.72. The van der Waals surface area contributed by atoms with Gasteiger partial charge in [0.15, 0.2) is 0 Å². The first-order chi connectivity index (χ1) is 13.0. The van der Waals surface area contributed by atoms with Crippen molar-refractivity contribution in [3.63, 3.8) is 0 Å². The number of nitrogens with zero attached hydrogens (tertiary/aromatic N) is 2. The lowest BCUT2D eigenvalue weighted by molar-refractivity contribution is -0.132. The van der Waals surface area contributed by atoms with E-state index in [9.17, 15) is 14.0 Å². The molecule has 0 unspecified atom stereocenters. The van der Waals surface area contributed by atoms with E-state index in [4.69, 9.17) is 11.6 Å². The molecule has 1 heterocycles. The predicted molar refractivity (Wildman–Crippen MR) is 103 cm³/mol. The minimum absolute atomic E-state index is 0.00797. The molecule has 3 rings (SSSR count). The van der Waals surface area contributed by atoms with Crippen molar-refractivity contribution >= 4 is 23.4 Å². The third kappa shape index (κ3) is 5.54. The molecule has 1 fully saturated rings. The van der Waals surface area contributed by atoms with Crippen LogP contribution in [0.5, 0.6) is 0 Å². The lowest BCUT2D eigenvalue weighted by atomic mass is 10.1. The first-order valence-corrected chi connectivity index (χ1v) is 9.43. The second kappa shape index (κ2) is 9.00. The van der Waals surface area contributed by atoms with Crippen LogP contribution in [0.15, 0.2) is 48.5 Å². The van der Waals surface area contributed by atoms with Crippen molar-refractivity contribution < 1.29 is 14.0 Å². The van der Waals surface area contributed by atoms with Crippen LogP contribution in [0.1, 0.15) is 17.5 Å². The minimum Gasteiger partial charge on any atom is -0.341 e. The van der Waals surface area contributed by atoms with Gasteiger partial charge in [0.25, 0.3) is 0 Å². The van der Waals surface area contributed by atoms with E-state index in [1.54, 1.807) is 29.2 Å². The van der Waals surface area contributed by atoms with Crippen LogP contribution >= 0.6 is 11.6 Å². The van der Waals surface area contributed by atoms with E-state index in [1.165, 1.54) is 12.1 Å². The van der Waals surface area contributed by atoms with Gasteiger partial charge in [0.2, 0.25) is 11.8 Å². The van der Waals surface area contributed by atoms with Gasteiger partial charge in [0, 0.05) is 31.2 Å². The fourth-order valence-electron chi connectivity index (χ4n) is 3.19. The van der Waals surface area contributed by atoms with Gasteiger partial charge in [-0.05, 0) is 41.8 Å². The molecule has 1 aliphatic heterocycles. The molecule has 2 amide bonds. The molecule has 2 aromatic rings. The molecule has 0 spiro atoms. The molecule has 142 valence electrons. The van der Waals surface area contributed by atoms with Crippen LogP contribution < -0.4 is 0 Å². The Labute approximate surface area is 163 Å². The van der Waals surface area contributed by atoms with Gasteiger partial charge in [0.1, 0.15) is 5.82 Å². The minimum atomic E-state index is -0.309. The van der Waals surface area contributed by atoms with Gasteiger partial charge in [-0.1, -0.05) is 35.9 Å². The van der Waals surface area contributed by atoms with Crippen molar-refractivity contribution in [2.45, 2.75) is 19.3 Å². The molecular formula is C21H22ClFN2O2. The standard InChI is InChI=1S/C21H22ClFN2O2/c22-18-6-2-16(3-7-18)14-20(26)24-10-1-11-25(13-12-24)21(27)15-17-4-8-19(23)9-5-17/h2-9H,1,10-15H2. The van der Waals surface area contributed by atoms with Gasteiger partial charge in [0.05, 0.1) is 12.8 Å². The second-order valence-corrected chi connectivity index (χ2v) is 7.16. The maximum absolute atomic E-state index is 13.0. The maximum Gasteiger partial charge on any atom is 0.227 e. The molecule has 2 aromatic carbocycles. The molecular weight excluding hydrogens is 367 g/mol. The Morgan fingerprint density at radius 1 is 0.778 bits per heavy atom. The molecule has 1 aliphatic rings. The number of carbonyl (C=O) groups is 2. The average Bonchev–Trinajstić information content (AvgIpc) is 2.92. The lowest BCUT2D eigenvalue weighted by Crippen LogP contribution is -2.38. The van der Waals surface area contributed by atoms with Gasteiger partial charge in [-0.25, -0.2) is 4.39 Å². The van der Waals surface area contributed by atoms with Crippen LogP contribution in [0, 0.1) is 5.82 Å². The quantitative estimate of drug-likeness (QED) is 0.806. The number of hydrogen-bond donors (Lipinski definition) is 0. The number of carbonyl (C=O) groups excluding carboxylic acids is 2. The summed E-state index contributed by atoms with van der Waals surface area (Å²) in [5.74, 6) is -0.241. The lowest BCUT2D eigenvalue weighted by Gasteiger charge is -2.22. The summed E-state index contributed by atoms with van der Waals surface area (Å²) < 4.78 is 13.0. The van der Waals surface area contributed by atoms with Gasteiger partial charge in [-0.15, -0.1) is 0 Å². The van der Waals surface area contributed by atoms with Gasteiger partial charge >= 0.3 is 0 Å². The van der Waals surface area contributed by atoms with Crippen molar-refractivity contribution in [1.29, 1.82) is 0 Å². The van der Waals surface area contributed by atoms with Crippen molar-refractivity contribution in [1.82, 2.24) is 9.80 Å². The SMILES string of the molecule is O=C(Cc1ccc(F)cc1)N1CCCN(C(=O)Cc2ccc(Cl)cc2)CC1. The van der Waals surface area contributed by atoms with Crippen LogP contribution in [0.4, 0.5) is 4.39 Å². The summed E-state index contributed by atoms with van der Waals surface area (Å²) >= 11 is 5.88. The normalized spacial score (nSPS) is 14.7. The van der Waals surface area contributed by atoms with E-state index >= 15 is 0 Å². The first-order valence-electron chi connectivity index (χ1n) is 9.06. The predicted octanol–water partition coefficient (Wildman–Crippen LogP) is 3.33. The first kappa shape index (κ1) is 19.4. The molecule has 0 saturated carbocycles. The largest absolute Gasteiger partial charge is 0.341 e. The molecule has 1 saturated heterocycles. The third-order valence-electron chi connectivity index (χ3n) is 4.74. The summed E-state index contributed by atoms with van der Waals surface area (Å²) in [6.07, 6.45) is 1.33. The highest BCUT2D eigenvalue weighted by Crippen LogP contribution is 2.13. The van der Waals surface area contributed by atoms with Gasteiger partial charge < -0.3 is 9.80 Å². The highest BCUT2D eigenvalue weighted by molar-refractivity contribution is 6.30. The van der Waals surface area contributed by atoms with E-state index in [2.05, 4.69) is 0 Å². The topological polar surface area (TPSA) is 40.6 Å². The van der Waals surface area contributed by atoms with Crippen LogP contribution in [-0.2, 0) is 22.4 Å². The van der Waals surface area contributed by atoms with E-state index < -0.39 is 0 Å². The van der Waals surface area contributed by atoms with E-state index in [0.29, 0.717) is 37.6 Å². The Morgan fingerprint density at radius 3 is 1.70 bits per heavy atom. The molecule has 4 nitrogen and oxygen atoms in total. The zero-order valence-corrected chi connectivity index (χ0v) is 15.8. The second-order valence-electron chi connectivity index (χ2n) is 6.72. The van der Waals surface area contributed by atoms with Crippen LogP contribution in [0.25, 0.3) is 0 Å². The van der Waals surface area contributed by atoms with Crippen LogP contribution in [0.3, 0.4) is 0 Å². The maximum atomic E-state index is 13.0. The van der Waals surface area contributed by atoms with Crippen LogP contribution in [0.2, 0.25) is 5.02 Å². The Kier molecular flexibility index (Phi) is 6.45. The molecule has 0 aromatic heterocycles. The van der Waals surface area contributed by atoms with Gasteiger partial charge in [-0.3, -0.25) is 9.59 Å². The van der Waals surface area contributed by atoms with E-state index in [1.807, 2.05) is 17.0 Å². The Bertz CT molecular complexity index is 725. The summed E-state index contributed by atoms with van der Waals surface area (Å²) in [6.45, 7) is 2.32. The highest BCUT2D eigenvalue weighted by atomic mass is 35.5. The monoisotopic (exact) mass is 388 g/mol. The number of rotatable bonds is 4. The number of amides is 2. The molecule has 0 radical (unpaired) electrons. The third-order valence-corrected chi connectivity index (χ3v) is 4.99. The molecule has 0 bridgehead atoms. The Hall–Kier alpha value is -2.40. The van der Waals surface area contributed by atoms with E-state index in [0.717, 1.165) is 17.5 Å². The molecule has 6 heteroatoms. The van der Waals surface area contributed by atoms with Gasteiger partial charge in [-0.2, -0.15) is 0 Å². The zero-order valence-electron chi connectivity index (χ0n) is 15.0. The van der Waals surface area contributed by atoms with E-state index in [-0.39, 0.29) is 24.1 Å². The Balaban J connectivity index is 1.53. The highest BCUT2D eigenvalue weighted by Gasteiger charge is 2.22. The average molecular weight is 389 g/mol. The summed E-state index contributed by atoms with van der Waals surface area (Å²) in [6, 6.07) is 13.3. The number of halogens is 2. The van der Waals surface area contributed by atoms with Crippen molar-refractivity contribution in [2.24, 2.45) is 0 Å². The number of hydrogen-bond acceptors (Lipinski definition) is 2. The smallest absolute Gasteiger partial charge is 0.227 e. The van der Waals surface area contributed by atoms with Crippen LogP contribution in [-0.4, -0.2) is 47.8 Å². The summed E-state index contributed by atoms with van der Waals surface area (Å²) in [5, 5.41) is 0.649. The Morgan fingerprint density at radius 2 is 1.22 bits per heavy atom. The van der Waals surface area contributed by atoms with Crippen molar-refractivity contribution in [3.05, 3.63) is 70.5 Å². The number of benzene rings is 2. The van der Waals surface area contributed by atoms with Crippen molar-refractivity contribution in [3.8, 4) is 0 Å². The molecule has 0 atom stereocenters.